The van der Waals surface area contributed by atoms with Crippen LogP contribution in [0.4, 0.5) is 0 Å². The van der Waals surface area contributed by atoms with Gasteiger partial charge in [0.25, 0.3) is 0 Å². The van der Waals surface area contributed by atoms with E-state index >= 15 is 0 Å². The van der Waals surface area contributed by atoms with Crippen molar-refractivity contribution >= 4 is 21.8 Å². The minimum atomic E-state index is 0.0815. The van der Waals surface area contributed by atoms with E-state index in [0.717, 1.165) is 16.6 Å². The molecule has 1 aromatic rings. The molecule has 0 fully saturated rings. The number of hydrogen-bond acceptors (Lipinski definition) is 3. The molecule has 118 valence electrons. The van der Waals surface area contributed by atoms with Gasteiger partial charge in [-0.25, -0.2) is 0 Å². The third-order valence-electron chi connectivity index (χ3n) is 3.49. The van der Waals surface area contributed by atoms with Crippen LogP contribution in [0.3, 0.4) is 0 Å². The Morgan fingerprint density at radius 2 is 2.05 bits per heavy atom. The van der Waals surface area contributed by atoms with Gasteiger partial charge in [0.15, 0.2) is 0 Å². The highest BCUT2D eigenvalue weighted by atomic mass is 79.9. The fourth-order valence-corrected chi connectivity index (χ4v) is 2.20. The fourth-order valence-electron chi connectivity index (χ4n) is 1.80. The first-order valence-electron chi connectivity index (χ1n) is 7.28. The molecule has 0 spiro atoms. The van der Waals surface area contributed by atoms with Gasteiger partial charge in [0.2, 0.25) is 5.91 Å². The predicted octanol–water partition coefficient (Wildman–Crippen LogP) is 3.05. The van der Waals surface area contributed by atoms with E-state index in [4.69, 9.17) is 10.5 Å². The molecule has 0 aliphatic rings. The van der Waals surface area contributed by atoms with Crippen molar-refractivity contribution in [2.75, 3.05) is 20.2 Å². The quantitative estimate of drug-likeness (QED) is 0.778. The number of carbonyl (C=O) groups excluding carboxylic acids is 1. The molecule has 1 rings (SSSR count). The molecular formula is C16H25BrN2O2. The van der Waals surface area contributed by atoms with E-state index in [-0.39, 0.29) is 11.9 Å². The minimum absolute atomic E-state index is 0.0815. The van der Waals surface area contributed by atoms with E-state index in [1.54, 1.807) is 4.90 Å². The zero-order chi connectivity index (χ0) is 15.8. The Balaban J connectivity index is 2.28. The summed E-state index contributed by atoms with van der Waals surface area (Å²) in [5, 5.41) is 0. The van der Waals surface area contributed by atoms with E-state index < -0.39 is 0 Å². The van der Waals surface area contributed by atoms with E-state index in [2.05, 4.69) is 29.8 Å². The fraction of sp³-hybridized carbons (Fsp3) is 0.562. The summed E-state index contributed by atoms with van der Waals surface area (Å²) in [6.45, 7) is 5.26. The lowest BCUT2D eigenvalue weighted by Gasteiger charge is -2.21. The van der Waals surface area contributed by atoms with Crippen LogP contribution in [-0.2, 0) is 4.79 Å². The van der Waals surface area contributed by atoms with E-state index in [1.807, 2.05) is 31.3 Å². The maximum absolute atomic E-state index is 12.0. The lowest BCUT2D eigenvalue weighted by Crippen LogP contribution is -2.35. The van der Waals surface area contributed by atoms with Gasteiger partial charge in [-0.3, -0.25) is 4.79 Å². The van der Waals surface area contributed by atoms with Crippen molar-refractivity contribution in [3.63, 3.8) is 0 Å². The summed E-state index contributed by atoms with van der Waals surface area (Å²) in [5.41, 5.74) is 5.99. The molecule has 0 saturated carbocycles. The average Bonchev–Trinajstić information content (AvgIpc) is 2.46. The Hall–Kier alpha value is -1.07. The Bertz CT molecular complexity index is 452. The van der Waals surface area contributed by atoms with Crippen LogP contribution in [0.25, 0.3) is 0 Å². The lowest BCUT2D eigenvalue weighted by molar-refractivity contribution is -0.130. The second-order valence-corrected chi connectivity index (χ2v) is 6.40. The molecule has 0 saturated heterocycles. The van der Waals surface area contributed by atoms with E-state index in [0.29, 0.717) is 25.5 Å². The second kappa shape index (κ2) is 9.05. The van der Waals surface area contributed by atoms with Gasteiger partial charge in [-0.15, -0.1) is 0 Å². The maximum Gasteiger partial charge on any atom is 0.225 e. The Morgan fingerprint density at radius 3 is 2.67 bits per heavy atom. The summed E-state index contributed by atoms with van der Waals surface area (Å²) < 4.78 is 6.50. The van der Waals surface area contributed by atoms with Crippen molar-refractivity contribution in [2.45, 2.75) is 32.7 Å². The summed E-state index contributed by atoms with van der Waals surface area (Å²) in [6, 6.07) is 7.75. The standard InChI is InChI=1S/C16H25BrN2O2/c1-12(2)14(18)8-10-19(3)16(20)9-11-21-15-7-5-4-6-13(15)17/h4-7,12,14H,8-11,18H2,1-3H3. The van der Waals surface area contributed by atoms with Gasteiger partial charge < -0.3 is 15.4 Å². The first kappa shape index (κ1) is 18.0. The number of rotatable bonds is 8. The van der Waals surface area contributed by atoms with Gasteiger partial charge in [-0.2, -0.15) is 0 Å². The molecule has 0 aromatic heterocycles. The summed E-state index contributed by atoms with van der Waals surface area (Å²) in [6.07, 6.45) is 1.19. The van der Waals surface area contributed by atoms with Crippen LogP contribution in [0.15, 0.2) is 28.7 Å². The number of benzene rings is 1. The highest BCUT2D eigenvalue weighted by Crippen LogP contribution is 2.23. The molecule has 1 atom stereocenters. The normalized spacial score (nSPS) is 12.3. The van der Waals surface area contributed by atoms with Crippen LogP contribution < -0.4 is 10.5 Å². The lowest BCUT2D eigenvalue weighted by atomic mass is 10.0. The Labute approximate surface area is 135 Å². The van der Waals surface area contributed by atoms with Crippen molar-refractivity contribution < 1.29 is 9.53 Å². The first-order chi connectivity index (χ1) is 9.91. The van der Waals surface area contributed by atoms with Crippen LogP contribution in [0, 0.1) is 5.92 Å². The number of ether oxygens (including phenoxy) is 1. The predicted molar refractivity (Wildman–Crippen MR) is 89.3 cm³/mol. The summed E-state index contributed by atoms with van der Waals surface area (Å²) in [5.74, 6) is 1.28. The van der Waals surface area contributed by atoms with Crippen LogP contribution in [0.1, 0.15) is 26.7 Å². The first-order valence-corrected chi connectivity index (χ1v) is 8.08. The van der Waals surface area contributed by atoms with Crippen molar-refractivity contribution in [3.8, 4) is 5.75 Å². The van der Waals surface area contributed by atoms with Gasteiger partial charge in [-0.1, -0.05) is 26.0 Å². The molecular weight excluding hydrogens is 332 g/mol. The van der Waals surface area contributed by atoms with Crippen LogP contribution in [0.5, 0.6) is 5.75 Å². The van der Waals surface area contributed by atoms with Crippen molar-refractivity contribution in [1.82, 2.24) is 4.90 Å². The number of nitrogens with two attached hydrogens (primary N) is 1. The minimum Gasteiger partial charge on any atom is -0.492 e. The molecule has 0 aliphatic carbocycles. The Morgan fingerprint density at radius 1 is 1.38 bits per heavy atom. The van der Waals surface area contributed by atoms with Gasteiger partial charge in [-0.05, 0) is 40.4 Å². The third kappa shape index (κ3) is 6.48. The molecule has 2 N–H and O–H groups in total. The van der Waals surface area contributed by atoms with Crippen molar-refractivity contribution in [2.24, 2.45) is 11.7 Å². The van der Waals surface area contributed by atoms with Gasteiger partial charge in [0.05, 0.1) is 17.5 Å². The summed E-state index contributed by atoms with van der Waals surface area (Å²) in [7, 11) is 1.81. The van der Waals surface area contributed by atoms with Gasteiger partial charge >= 0.3 is 0 Å². The molecule has 4 nitrogen and oxygen atoms in total. The SMILES string of the molecule is CC(C)C(N)CCN(C)C(=O)CCOc1ccccc1Br. The number of hydrogen-bond donors (Lipinski definition) is 1. The number of amides is 1. The zero-order valence-corrected chi connectivity index (χ0v) is 14.6. The van der Waals surface area contributed by atoms with Crippen molar-refractivity contribution in [1.29, 1.82) is 0 Å². The highest BCUT2D eigenvalue weighted by molar-refractivity contribution is 9.10. The molecule has 0 bridgehead atoms. The van der Waals surface area contributed by atoms with Crippen LogP contribution >= 0.6 is 15.9 Å². The molecule has 21 heavy (non-hydrogen) atoms. The monoisotopic (exact) mass is 356 g/mol. The van der Waals surface area contributed by atoms with Crippen LogP contribution in [-0.4, -0.2) is 37.0 Å². The Kier molecular flexibility index (Phi) is 7.75. The number of halogens is 1. The number of carbonyl (C=O) groups is 1. The highest BCUT2D eigenvalue weighted by Gasteiger charge is 2.13. The van der Waals surface area contributed by atoms with E-state index in [1.165, 1.54) is 0 Å². The van der Waals surface area contributed by atoms with E-state index in [9.17, 15) is 4.79 Å². The number of nitrogens with zero attached hydrogens (tertiary/aromatic N) is 1. The van der Waals surface area contributed by atoms with Gasteiger partial charge in [0, 0.05) is 19.6 Å². The third-order valence-corrected chi connectivity index (χ3v) is 4.15. The molecule has 0 aliphatic heterocycles. The second-order valence-electron chi connectivity index (χ2n) is 5.54. The maximum atomic E-state index is 12.0. The topological polar surface area (TPSA) is 55.6 Å². The smallest absolute Gasteiger partial charge is 0.225 e. The summed E-state index contributed by atoms with van der Waals surface area (Å²) >= 11 is 3.41. The van der Waals surface area contributed by atoms with Crippen molar-refractivity contribution in [3.05, 3.63) is 28.7 Å². The number of para-hydroxylation sites is 1. The zero-order valence-electron chi connectivity index (χ0n) is 13.0. The molecule has 1 unspecified atom stereocenters. The molecule has 0 radical (unpaired) electrons. The molecule has 1 amide bonds. The molecule has 0 heterocycles. The summed E-state index contributed by atoms with van der Waals surface area (Å²) in [4.78, 5) is 13.7. The average molecular weight is 357 g/mol. The van der Waals surface area contributed by atoms with Gasteiger partial charge in [0.1, 0.15) is 5.75 Å². The molecule has 5 heteroatoms. The largest absolute Gasteiger partial charge is 0.492 e. The van der Waals surface area contributed by atoms with Crippen LogP contribution in [0.2, 0.25) is 0 Å². The molecule has 1 aromatic carbocycles.